The van der Waals surface area contributed by atoms with Crippen molar-refractivity contribution in [3.63, 3.8) is 0 Å². The number of aliphatic hydroxyl groups is 1. The zero-order chi connectivity index (χ0) is 25.2. The number of rotatable bonds is 4. The number of hydrogen-bond acceptors (Lipinski definition) is 5. The third-order valence-electron chi connectivity index (χ3n) is 10.8. The summed E-state index contributed by atoms with van der Waals surface area (Å²) in [5, 5.41) is 29.0. The lowest BCUT2D eigenvalue weighted by Gasteiger charge is -2.57. The number of aromatic nitrogens is 4. The fourth-order valence-corrected chi connectivity index (χ4v) is 9.31. The van der Waals surface area contributed by atoms with Crippen molar-refractivity contribution in [1.82, 2.24) is 19.6 Å². The Bertz CT molecular complexity index is 1190. The standard InChI is InChI=1S/C29H39N5O2/c1-18-13-32-34(15-18)25-10-24(26(35)17-33-16-19(12-30)14-31-33)29(3)9-7-22-21-6-8-28(2,36)11-20(21)4-5-23(22)27(25)29/h13-16,20-25,27,36H,4-11,17H2,1-3H3/t20-,21+,22-,23-,24-,25-,27-,28-,29-/m1/s1. The third-order valence-corrected chi connectivity index (χ3v) is 10.8. The summed E-state index contributed by atoms with van der Waals surface area (Å²) in [6, 6.07) is 2.35. The summed E-state index contributed by atoms with van der Waals surface area (Å²) in [4.78, 5) is 13.8. The zero-order valence-corrected chi connectivity index (χ0v) is 21.8. The molecule has 6 rings (SSSR count). The van der Waals surface area contributed by atoms with Gasteiger partial charge in [-0.05, 0) is 106 Å². The number of carbonyl (C=O) groups excluding carboxylic acids is 1. The lowest BCUT2D eigenvalue weighted by Crippen LogP contribution is -2.52. The van der Waals surface area contributed by atoms with Gasteiger partial charge in [-0.2, -0.15) is 15.5 Å². The van der Waals surface area contributed by atoms with Gasteiger partial charge in [0.25, 0.3) is 0 Å². The Morgan fingerprint density at radius 1 is 1.11 bits per heavy atom. The number of aryl methyl sites for hydroxylation is 1. The minimum Gasteiger partial charge on any atom is -0.390 e. The predicted molar refractivity (Wildman–Crippen MR) is 135 cm³/mol. The second-order valence-corrected chi connectivity index (χ2v) is 13.0. The second-order valence-electron chi connectivity index (χ2n) is 13.0. The third kappa shape index (κ3) is 3.84. The minimum atomic E-state index is -0.505. The largest absolute Gasteiger partial charge is 0.390 e. The van der Waals surface area contributed by atoms with Crippen molar-refractivity contribution in [3.8, 4) is 6.07 Å². The first-order valence-electron chi connectivity index (χ1n) is 13.9. The van der Waals surface area contributed by atoms with Crippen LogP contribution in [0.25, 0.3) is 0 Å². The van der Waals surface area contributed by atoms with E-state index in [4.69, 9.17) is 10.4 Å². The first-order chi connectivity index (χ1) is 17.2. The molecule has 0 saturated heterocycles. The number of Topliss-reactive ketones (excluding diaryl/α,β-unsaturated/α-hetero) is 1. The molecule has 0 aliphatic heterocycles. The topological polar surface area (TPSA) is 96.7 Å². The van der Waals surface area contributed by atoms with Crippen molar-refractivity contribution in [2.45, 2.75) is 90.3 Å². The molecule has 4 saturated carbocycles. The minimum absolute atomic E-state index is 0.0301. The van der Waals surface area contributed by atoms with Crippen molar-refractivity contribution < 1.29 is 9.90 Å². The number of carbonyl (C=O) groups is 1. The first-order valence-corrected chi connectivity index (χ1v) is 13.9. The molecule has 1 N–H and O–H groups in total. The number of fused-ring (bicyclic) bond motifs is 5. The van der Waals surface area contributed by atoms with E-state index < -0.39 is 5.60 Å². The van der Waals surface area contributed by atoms with E-state index in [9.17, 15) is 9.90 Å². The van der Waals surface area contributed by atoms with E-state index in [1.54, 1.807) is 10.9 Å². The van der Waals surface area contributed by atoms with Crippen LogP contribution in [0.15, 0.2) is 24.8 Å². The Kier molecular flexibility index (Phi) is 5.68. The van der Waals surface area contributed by atoms with Crippen LogP contribution < -0.4 is 0 Å². The van der Waals surface area contributed by atoms with Crippen LogP contribution in [0.5, 0.6) is 0 Å². The van der Waals surface area contributed by atoms with Gasteiger partial charge >= 0.3 is 0 Å². The highest BCUT2D eigenvalue weighted by Gasteiger charge is 2.62. The molecule has 0 spiro atoms. The molecule has 0 aromatic carbocycles. The van der Waals surface area contributed by atoms with Crippen LogP contribution in [0.3, 0.4) is 0 Å². The summed E-state index contributed by atoms with van der Waals surface area (Å²) in [5.74, 6) is 3.28. The van der Waals surface area contributed by atoms with Gasteiger partial charge in [-0.3, -0.25) is 14.2 Å². The summed E-state index contributed by atoms with van der Waals surface area (Å²) in [6.07, 6.45) is 15.8. The molecule has 0 amide bonds. The van der Waals surface area contributed by atoms with E-state index in [1.165, 1.54) is 25.5 Å². The summed E-state index contributed by atoms with van der Waals surface area (Å²) in [6.45, 7) is 6.73. The number of nitriles is 1. The maximum absolute atomic E-state index is 13.8. The van der Waals surface area contributed by atoms with Crippen LogP contribution in [0.2, 0.25) is 0 Å². The molecule has 4 fully saturated rings. The smallest absolute Gasteiger partial charge is 0.157 e. The van der Waals surface area contributed by atoms with Crippen molar-refractivity contribution in [1.29, 1.82) is 5.26 Å². The van der Waals surface area contributed by atoms with Gasteiger partial charge in [-0.1, -0.05) is 6.92 Å². The van der Waals surface area contributed by atoms with E-state index in [2.05, 4.69) is 35.9 Å². The molecule has 2 aromatic rings. The van der Waals surface area contributed by atoms with Crippen molar-refractivity contribution >= 4 is 5.78 Å². The average molecular weight is 490 g/mol. The number of ketones is 1. The van der Waals surface area contributed by atoms with Crippen molar-refractivity contribution in [3.05, 3.63) is 35.9 Å². The Balaban J connectivity index is 1.31. The van der Waals surface area contributed by atoms with Gasteiger partial charge in [0, 0.05) is 18.3 Å². The fraction of sp³-hybridized carbons (Fsp3) is 0.724. The molecule has 0 bridgehead atoms. The van der Waals surface area contributed by atoms with Crippen LogP contribution in [0, 0.1) is 59.2 Å². The number of hydrogen-bond donors (Lipinski definition) is 1. The normalized spacial score (nSPS) is 41.7. The van der Waals surface area contributed by atoms with Gasteiger partial charge < -0.3 is 5.11 Å². The van der Waals surface area contributed by atoms with E-state index in [-0.39, 0.29) is 29.7 Å². The molecule has 0 unspecified atom stereocenters. The van der Waals surface area contributed by atoms with E-state index in [0.717, 1.165) is 37.7 Å². The molecule has 2 heterocycles. The summed E-state index contributed by atoms with van der Waals surface area (Å²) in [7, 11) is 0. The lowest BCUT2D eigenvalue weighted by atomic mass is 9.48. The number of nitrogens with zero attached hydrogens (tertiary/aromatic N) is 5. The highest BCUT2D eigenvalue weighted by molar-refractivity contribution is 5.82. The Morgan fingerprint density at radius 3 is 2.64 bits per heavy atom. The van der Waals surface area contributed by atoms with Crippen LogP contribution in [-0.2, 0) is 11.3 Å². The molecule has 36 heavy (non-hydrogen) atoms. The molecular weight excluding hydrogens is 450 g/mol. The van der Waals surface area contributed by atoms with Gasteiger partial charge in [0.1, 0.15) is 6.07 Å². The maximum atomic E-state index is 13.8. The van der Waals surface area contributed by atoms with Crippen molar-refractivity contribution in [2.24, 2.45) is 40.9 Å². The summed E-state index contributed by atoms with van der Waals surface area (Å²) in [5.41, 5.74) is 1.10. The second kappa shape index (κ2) is 8.55. The highest BCUT2D eigenvalue weighted by Crippen LogP contribution is 2.67. The first kappa shape index (κ1) is 23.9. The summed E-state index contributed by atoms with van der Waals surface area (Å²) < 4.78 is 3.81. The van der Waals surface area contributed by atoms with Crippen LogP contribution in [-0.4, -0.2) is 36.1 Å². The molecule has 4 aliphatic carbocycles. The Hall–Kier alpha value is -2.46. The Morgan fingerprint density at radius 2 is 1.92 bits per heavy atom. The van der Waals surface area contributed by atoms with Crippen LogP contribution in [0.1, 0.15) is 82.4 Å². The molecular formula is C29H39N5O2. The fourth-order valence-electron chi connectivity index (χ4n) is 9.31. The Labute approximate surface area is 213 Å². The van der Waals surface area contributed by atoms with E-state index in [1.807, 2.05) is 13.1 Å². The molecule has 4 aliphatic rings. The maximum Gasteiger partial charge on any atom is 0.157 e. The van der Waals surface area contributed by atoms with Crippen molar-refractivity contribution in [2.75, 3.05) is 0 Å². The van der Waals surface area contributed by atoms with Gasteiger partial charge in [0.05, 0.1) is 36.1 Å². The molecule has 7 nitrogen and oxygen atoms in total. The van der Waals surface area contributed by atoms with Gasteiger partial charge in [-0.15, -0.1) is 0 Å². The SMILES string of the molecule is Cc1cnn([C@@H]2C[C@H](C(=O)Cn3cc(C#N)cn3)[C@@]3(C)CC[C@H]4[C@@H](CC[C@@H]5C[C@](C)(O)CC[C@@H]54)[C@H]23)c1. The average Bonchev–Trinajstić information content (AvgIpc) is 3.54. The quantitative estimate of drug-likeness (QED) is 0.671. The monoisotopic (exact) mass is 489 g/mol. The van der Waals surface area contributed by atoms with Crippen LogP contribution in [0.4, 0.5) is 0 Å². The molecule has 0 radical (unpaired) electrons. The molecule has 7 heteroatoms. The molecule has 2 aromatic heterocycles. The van der Waals surface area contributed by atoms with E-state index >= 15 is 0 Å². The lowest BCUT2D eigenvalue weighted by molar-refractivity contribution is -0.133. The van der Waals surface area contributed by atoms with E-state index in [0.29, 0.717) is 35.2 Å². The molecule has 9 atom stereocenters. The summed E-state index contributed by atoms with van der Waals surface area (Å²) >= 11 is 0. The predicted octanol–water partition coefficient (Wildman–Crippen LogP) is 4.70. The van der Waals surface area contributed by atoms with Gasteiger partial charge in [-0.25, -0.2) is 0 Å². The van der Waals surface area contributed by atoms with Crippen LogP contribution >= 0.6 is 0 Å². The highest BCUT2D eigenvalue weighted by atomic mass is 16.3. The van der Waals surface area contributed by atoms with Gasteiger partial charge in [0.2, 0.25) is 0 Å². The van der Waals surface area contributed by atoms with Gasteiger partial charge in [0.15, 0.2) is 5.78 Å². The molecule has 192 valence electrons. The zero-order valence-electron chi connectivity index (χ0n) is 21.8.